The minimum Gasteiger partial charge on any atom is -0.234 e. The van der Waals surface area contributed by atoms with Crippen molar-refractivity contribution in [2.24, 2.45) is 0 Å². The van der Waals surface area contributed by atoms with Gasteiger partial charge in [0.1, 0.15) is 5.94 Å². The second-order valence-electron chi connectivity index (χ2n) is 4.28. The number of hydrogen-bond acceptors (Lipinski definition) is 1. The summed E-state index contributed by atoms with van der Waals surface area (Å²) in [6.45, 7) is 4.28. The molecule has 0 saturated carbocycles. The Hall–Kier alpha value is -0.550. The zero-order valence-electron chi connectivity index (χ0n) is 10.5. The summed E-state index contributed by atoms with van der Waals surface area (Å²) in [5.74, 6) is 2.04. The SMILES string of the molecule is CCCCCCCCCCC(=C=O)CC. The van der Waals surface area contributed by atoms with Gasteiger partial charge in [-0.05, 0) is 19.3 Å². The van der Waals surface area contributed by atoms with Gasteiger partial charge in [-0.15, -0.1) is 0 Å². The van der Waals surface area contributed by atoms with Gasteiger partial charge >= 0.3 is 0 Å². The van der Waals surface area contributed by atoms with Crippen LogP contribution in [0.25, 0.3) is 0 Å². The molecule has 0 bridgehead atoms. The second-order valence-corrected chi connectivity index (χ2v) is 4.28. The molecule has 88 valence electrons. The molecule has 0 aliphatic rings. The molecule has 0 spiro atoms. The fraction of sp³-hybridized carbons (Fsp3) is 0.857. The third kappa shape index (κ3) is 9.75. The first kappa shape index (κ1) is 14.5. The highest BCUT2D eigenvalue weighted by Gasteiger charge is 1.96. The molecule has 0 atom stereocenters. The molecular formula is C14H26O. The van der Waals surface area contributed by atoms with E-state index < -0.39 is 0 Å². The van der Waals surface area contributed by atoms with E-state index >= 15 is 0 Å². The van der Waals surface area contributed by atoms with Crippen molar-refractivity contribution in [2.45, 2.75) is 78.1 Å². The molecule has 0 aromatic rings. The van der Waals surface area contributed by atoms with Crippen LogP contribution in [-0.2, 0) is 4.79 Å². The van der Waals surface area contributed by atoms with Crippen LogP contribution in [0.2, 0.25) is 0 Å². The molecule has 0 aromatic heterocycles. The van der Waals surface area contributed by atoms with Crippen molar-refractivity contribution in [3.8, 4) is 0 Å². The van der Waals surface area contributed by atoms with Crippen LogP contribution in [0.4, 0.5) is 0 Å². The van der Waals surface area contributed by atoms with Crippen LogP contribution in [0.3, 0.4) is 0 Å². The van der Waals surface area contributed by atoms with E-state index in [0.29, 0.717) is 0 Å². The van der Waals surface area contributed by atoms with Crippen LogP contribution in [0.15, 0.2) is 5.57 Å². The van der Waals surface area contributed by atoms with Crippen molar-refractivity contribution in [2.75, 3.05) is 0 Å². The van der Waals surface area contributed by atoms with E-state index in [-0.39, 0.29) is 0 Å². The predicted octanol–water partition coefficient (Wildman–Crippen LogP) is 4.69. The molecule has 0 radical (unpaired) electrons. The molecule has 0 saturated heterocycles. The Morgan fingerprint density at radius 1 is 0.867 bits per heavy atom. The normalized spacial score (nSPS) is 10.0. The van der Waals surface area contributed by atoms with Crippen molar-refractivity contribution >= 4 is 5.94 Å². The maximum atomic E-state index is 10.4. The first-order valence-electron chi connectivity index (χ1n) is 6.58. The van der Waals surface area contributed by atoms with Crippen LogP contribution in [0.5, 0.6) is 0 Å². The molecule has 1 nitrogen and oxygen atoms in total. The lowest BCUT2D eigenvalue weighted by Gasteiger charge is -2.01. The Balaban J connectivity index is 3.14. The minimum absolute atomic E-state index is 0.875. The van der Waals surface area contributed by atoms with Gasteiger partial charge in [0.2, 0.25) is 0 Å². The molecule has 1 heteroatoms. The molecular weight excluding hydrogens is 184 g/mol. The lowest BCUT2D eigenvalue weighted by molar-refractivity contribution is 0.559. The van der Waals surface area contributed by atoms with Crippen LogP contribution >= 0.6 is 0 Å². The molecule has 0 fully saturated rings. The third-order valence-corrected chi connectivity index (χ3v) is 2.90. The van der Waals surface area contributed by atoms with E-state index in [4.69, 9.17) is 0 Å². The zero-order chi connectivity index (χ0) is 11.4. The highest BCUT2D eigenvalue weighted by molar-refractivity contribution is 5.51. The molecule has 0 unspecified atom stereocenters. The van der Waals surface area contributed by atoms with E-state index in [1.54, 1.807) is 0 Å². The topological polar surface area (TPSA) is 17.1 Å². The number of hydrogen-bond donors (Lipinski definition) is 0. The highest BCUT2D eigenvalue weighted by atomic mass is 16.1. The summed E-state index contributed by atoms with van der Waals surface area (Å²) in [6, 6.07) is 0. The van der Waals surface area contributed by atoms with E-state index in [1.165, 1.54) is 51.4 Å². The van der Waals surface area contributed by atoms with Gasteiger partial charge in [0.15, 0.2) is 0 Å². The fourth-order valence-corrected chi connectivity index (χ4v) is 1.77. The number of allylic oxidation sites excluding steroid dienone is 1. The van der Waals surface area contributed by atoms with Gasteiger partial charge in [0.25, 0.3) is 0 Å². The van der Waals surface area contributed by atoms with E-state index in [1.807, 2.05) is 12.9 Å². The largest absolute Gasteiger partial charge is 0.234 e. The molecule has 0 aromatic carbocycles. The minimum atomic E-state index is 0.875. The summed E-state index contributed by atoms with van der Waals surface area (Å²) in [5, 5.41) is 0. The summed E-state index contributed by atoms with van der Waals surface area (Å²) < 4.78 is 0. The summed E-state index contributed by atoms with van der Waals surface area (Å²) in [6.07, 6.45) is 12.5. The first-order chi connectivity index (χ1) is 7.35. The number of unbranched alkanes of at least 4 members (excludes halogenated alkanes) is 7. The van der Waals surface area contributed by atoms with Gasteiger partial charge in [-0.25, -0.2) is 4.79 Å². The van der Waals surface area contributed by atoms with Crippen molar-refractivity contribution in [3.63, 3.8) is 0 Å². The van der Waals surface area contributed by atoms with Gasteiger partial charge in [-0.1, -0.05) is 58.8 Å². The lowest BCUT2D eigenvalue weighted by atomic mass is 10.0. The first-order valence-corrected chi connectivity index (χ1v) is 6.58. The standard InChI is InChI=1S/C14H26O/c1-3-5-6-7-8-9-10-11-12-14(4-2)13-15/h3-12H2,1-2H3. The van der Waals surface area contributed by atoms with Gasteiger partial charge in [0.05, 0.1) is 0 Å². The van der Waals surface area contributed by atoms with Crippen molar-refractivity contribution in [1.29, 1.82) is 0 Å². The molecule has 0 N–H and O–H groups in total. The van der Waals surface area contributed by atoms with Gasteiger partial charge < -0.3 is 0 Å². The summed E-state index contributed by atoms with van der Waals surface area (Å²) in [7, 11) is 0. The molecule has 0 aliphatic carbocycles. The van der Waals surface area contributed by atoms with Crippen LogP contribution in [0.1, 0.15) is 78.1 Å². The maximum Gasteiger partial charge on any atom is 0.123 e. The van der Waals surface area contributed by atoms with Crippen molar-refractivity contribution in [1.82, 2.24) is 0 Å². The second kappa shape index (κ2) is 11.5. The predicted molar refractivity (Wildman–Crippen MR) is 66.7 cm³/mol. The monoisotopic (exact) mass is 210 g/mol. The molecule has 0 heterocycles. The Kier molecular flexibility index (Phi) is 11.1. The molecule has 15 heavy (non-hydrogen) atoms. The van der Waals surface area contributed by atoms with Gasteiger partial charge in [-0.2, -0.15) is 0 Å². The van der Waals surface area contributed by atoms with Crippen LogP contribution in [-0.4, -0.2) is 5.94 Å². The Morgan fingerprint density at radius 3 is 1.87 bits per heavy atom. The number of rotatable bonds is 10. The Labute approximate surface area is 95.0 Å². The smallest absolute Gasteiger partial charge is 0.123 e. The highest BCUT2D eigenvalue weighted by Crippen LogP contribution is 2.12. The summed E-state index contributed by atoms with van der Waals surface area (Å²) in [4.78, 5) is 10.4. The van der Waals surface area contributed by atoms with E-state index in [2.05, 4.69) is 6.92 Å². The molecule has 0 amide bonds. The zero-order valence-corrected chi connectivity index (χ0v) is 10.5. The number of carbonyl (C=O) groups excluding carboxylic acids is 1. The van der Waals surface area contributed by atoms with Gasteiger partial charge in [0, 0.05) is 5.57 Å². The van der Waals surface area contributed by atoms with Crippen LogP contribution < -0.4 is 0 Å². The van der Waals surface area contributed by atoms with E-state index in [0.717, 1.165) is 18.4 Å². The Morgan fingerprint density at radius 2 is 1.40 bits per heavy atom. The third-order valence-electron chi connectivity index (χ3n) is 2.90. The fourth-order valence-electron chi connectivity index (χ4n) is 1.77. The van der Waals surface area contributed by atoms with Gasteiger partial charge in [-0.3, -0.25) is 0 Å². The van der Waals surface area contributed by atoms with Crippen molar-refractivity contribution in [3.05, 3.63) is 5.57 Å². The summed E-state index contributed by atoms with van der Waals surface area (Å²) >= 11 is 0. The average molecular weight is 210 g/mol. The average Bonchev–Trinajstić information content (AvgIpc) is 2.27. The lowest BCUT2D eigenvalue weighted by Crippen LogP contribution is -1.85. The molecule has 0 rings (SSSR count). The van der Waals surface area contributed by atoms with E-state index in [9.17, 15) is 4.79 Å². The Bertz CT molecular complexity index is 178. The molecule has 0 aliphatic heterocycles. The van der Waals surface area contributed by atoms with Crippen molar-refractivity contribution < 1.29 is 4.79 Å². The maximum absolute atomic E-state index is 10.4. The summed E-state index contributed by atoms with van der Waals surface area (Å²) in [5.41, 5.74) is 0.959. The quantitative estimate of drug-likeness (QED) is 0.378. The van der Waals surface area contributed by atoms with Crippen LogP contribution in [0, 0.1) is 0 Å².